The highest BCUT2D eigenvalue weighted by Crippen LogP contribution is 2.21. The van der Waals surface area contributed by atoms with Gasteiger partial charge in [0.2, 0.25) is 0 Å². The number of hydrogen-bond acceptors (Lipinski definition) is 4. The van der Waals surface area contributed by atoms with E-state index >= 15 is 0 Å². The third-order valence-electron chi connectivity index (χ3n) is 6.11. The van der Waals surface area contributed by atoms with E-state index in [2.05, 4.69) is 27.4 Å². The molecule has 1 aromatic rings. The zero-order valence-corrected chi connectivity index (χ0v) is 18.6. The monoisotopic (exact) mass is 419 g/mol. The summed E-state index contributed by atoms with van der Waals surface area (Å²) in [4.78, 5) is 9.65. The van der Waals surface area contributed by atoms with E-state index in [1.54, 1.807) is 19.2 Å². The van der Waals surface area contributed by atoms with Crippen LogP contribution in [0.1, 0.15) is 32.6 Å². The number of rotatable bonds is 8. The van der Waals surface area contributed by atoms with Crippen LogP contribution in [0.4, 0.5) is 10.1 Å². The molecule has 2 N–H and O–H groups in total. The van der Waals surface area contributed by atoms with Crippen LogP contribution in [-0.2, 0) is 4.74 Å². The highest BCUT2D eigenvalue weighted by Gasteiger charge is 2.22. The van der Waals surface area contributed by atoms with Gasteiger partial charge in [0.25, 0.3) is 0 Å². The average molecular weight is 420 g/mol. The van der Waals surface area contributed by atoms with Crippen molar-refractivity contribution >= 4 is 11.6 Å². The predicted octanol–water partition coefficient (Wildman–Crippen LogP) is 2.71. The summed E-state index contributed by atoms with van der Waals surface area (Å²) in [5.74, 6) is 1.38. The number of anilines is 1. The molecule has 0 bridgehead atoms. The maximum Gasteiger partial charge on any atom is 0.191 e. The van der Waals surface area contributed by atoms with Crippen LogP contribution in [0, 0.1) is 11.7 Å². The van der Waals surface area contributed by atoms with Crippen molar-refractivity contribution < 1.29 is 9.13 Å². The van der Waals surface area contributed by atoms with Crippen molar-refractivity contribution in [2.45, 2.75) is 38.6 Å². The Kier molecular flexibility index (Phi) is 9.21. The first-order chi connectivity index (χ1) is 14.7. The second-order valence-corrected chi connectivity index (χ2v) is 8.41. The van der Waals surface area contributed by atoms with Crippen LogP contribution in [-0.4, -0.2) is 76.4 Å². The lowest BCUT2D eigenvalue weighted by atomic mass is 9.97. The van der Waals surface area contributed by atoms with E-state index in [4.69, 9.17) is 9.73 Å². The SMILES string of the molecule is CCNC(=NCC1CCN(CCOC)CC1)NC1CCCN(c2cccc(F)c2)C1. The van der Waals surface area contributed by atoms with Crippen molar-refractivity contribution in [3.05, 3.63) is 30.1 Å². The van der Waals surface area contributed by atoms with Crippen molar-refractivity contribution in [1.82, 2.24) is 15.5 Å². The molecule has 2 fully saturated rings. The molecule has 0 radical (unpaired) electrons. The summed E-state index contributed by atoms with van der Waals surface area (Å²) in [5, 5.41) is 7.03. The Bertz CT molecular complexity index is 663. The summed E-state index contributed by atoms with van der Waals surface area (Å²) in [6, 6.07) is 7.22. The van der Waals surface area contributed by atoms with E-state index in [-0.39, 0.29) is 5.82 Å². The Morgan fingerprint density at radius 3 is 2.80 bits per heavy atom. The topological polar surface area (TPSA) is 52.1 Å². The van der Waals surface area contributed by atoms with Crippen molar-refractivity contribution in [2.24, 2.45) is 10.9 Å². The Balaban J connectivity index is 1.49. The summed E-state index contributed by atoms with van der Waals surface area (Å²) in [7, 11) is 1.76. The number of benzene rings is 1. The molecule has 2 saturated heterocycles. The molecule has 0 spiro atoms. The largest absolute Gasteiger partial charge is 0.383 e. The molecule has 6 nitrogen and oxygen atoms in total. The third-order valence-corrected chi connectivity index (χ3v) is 6.11. The van der Waals surface area contributed by atoms with E-state index in [0.717, 1.165) is 76.9 Å². The van der Waals surface area contributed by atoms with E-state index in [0.29, 0.717) is 12.0 Å². The fourth-order valence-corrected chi connectivity index (χ4v) is 4.35. The van der Waals surface area contributed by atoms with Crippen LogP contribution >= 0.6 is 0 Å². The second kappa shape index (κ2) is 12.1. The maximum atomic E-state index is 13.6. The van der Waals surface area contributed by atoms with Gasteiger partial charge in [-0.25, -0.2) is 4.39 Å². The van der Waals surface area contributed by atoms with Crippen LogP contribution in [0.3, 0.4) is 0 Å². The minimum absolute atomic E-state index is 0.175. The zero-order chi connectivity index (χ0) is 21.2. The first-order valence-corrected chi connectivity index (χ1v) is 11.4. The van der Waals surface area contributed by atoms with Gasteiger partial charge in [0.05, 0.1) is 6.61 Å². The molecule has 2 aliphatic heterocycles. The number of methoxy groups -OCH3 is 1. The third kappa shape index (κ3) is 7.13. The molecule has 0 amide bonds. The Morgan fingerprint density at radius 1 is 1.23 bits per heavy atom. The molecule has 30 heavy (non-hydrogen) atoms. The predicted molar refractivity (Wildman–Crippen MR) is 122 cm³/mol. The van der Waals surface area contributed by atoms with E-state index in [1.807, 2.05) is 6.07 Å². The minimum atomic E-state index is -0.175. The smallest absolute Gasteiger partial charge is 0.191 e. The van der Waals surface area contributed by atoms with Gasteiger partial charge in [-0.3, -0.25) is 4.99 Å². The first-order valence-electron chi connectivity index (χ1n) is 11.4. The van der Waals surface area contributed by atoms with Crippen LogP contribution in [0.25, 0.3) is 0 Å². The van der Waals surface area contributed by atoms with Crippen LogP contribution in [0.2, 0.25) is 0 Å². The van der Waals surface area contributed by atoms with E-state index < -0.39 is 0 Å². The Hall–Kier alpha value is -1.86. The van der Waals surface area contributed by atoms with Gasteiger partial charge in [0.1, 0.15) is 5.82 Å². The zero-order valence-electron chi connectivity index (χ0n) is 18.6. The molecule has 2 heterocycles. The van der Waals surface area contributed by atoms with Crippen LogP contribution < -0.4 is 15.5 Å². The lowest BCUT2D eigenvalue weighted by molar-refractivity contribution is 0.121. The summed E-state index contributed by atoms with van der Waals surface area (Å²) in [5.41, 5.74) is 0.962. The highest BCUT2D eigenvalue weighted by atomic mass is 19.1. The minimum Gasteiger partial charge on any atom is -0.383 e. The molecule has 3 rings (SSSR count). The molecular weight excluding hydrogens is 381 g/mol. The molecule has 1 aromatic carbocycles. The molecule has 7 heteroatoms. The average Bonchev–Trinajstić information content (AvgIpc) is 2.77. The molecular formula is C23H38FN5O. The van der Waals surface area contributed by atoms with Gasteiger partial charge >= 0.3 is 0 Å². The van der Waals surface area contributed by atoms with Crippen LogP contribution in [0.15, 0.2) is 29.3 Å². The fraction of sp³-hybridized carbons (Fsp3) is 0.696. The molecule has 2 aliphatic rings. The first kappa shape index (κ1) is 22.8. The van der Waals surface area contributed by atoms with E-state index in [9.17, 15) is 4.39 Å². The van der Waals surface area contributed by atoms with Gasteiger partial charge in [0, 0.05) is 51.6 Å². The highest BCUT2D eigenvalue weighted by molar-refractivity contribution is 5.80. The number of ether oxygens (including phenoxy) is 1. The number of guanidine groups is 1. The van der Waals surface area contributed by atoms with Gasteiger partial charge in [-0.15, -0.1) is 0 Å². The summed E-state index contributed by atoms with van der Waals surface area (Å²) in [6.07, 6.45) is 4.59. The molecule has 168 valence electrons. The Labute approximate surface area is 180 Å². The van der Waals surface area contributed by atoms with E-state index in [1.165, 1.54) is 18.9 Å². The van der Waals surface area contributed by atoms with Gasteiger partial charge in [0.15, 0.2) is 5.96 Å². The fourth-order valence-electron chi connectivity index (χ4n) is 4.35. The van der Waals surface area contributed by atoms with Crippen LogP contribution in [0.5, 0.6) is 0 Å². The lowest BCUT2D eigenvalue weighted by Gasteiger charge is -2.35. The molecule has 1 unspecified atom stereocenters. The Morgan fingerprint density at radius 2 is 2.07 bits per heavy atom. The lowest BCUT2D eigenvalue weighted by Crippen LogP contribution is -2.51. The molecule has 0 saturated carbocycles. The number of halogens is 1. The molecule has 0 aromatic heterocycles. The maximum absolute atomic E-state index is 13.6. The quantitative estimate of drug-likeness (QED) is 0.501. The van der Waals surface area contributed by atoms with Crippen molar-refractivity contribution in [1.29, 1.82) is 0 Å². The number of hydrogen-bond donors (Lipinski definition) is 2. The van der Waals surface area contributed by atoms with Crippen molar-refractivity contribution in [3.8, 4) is 0 Å². The standard InChI is InChI=1S/C23H38FN5O/c1-3-25-23(26-17-19-9-12-28(13-10-19)14-15-30-2)27-21-7-5-11-29(18-21)22-8-4-6-20(24)16-22/h4,6,8,16,19,21H,3,5,7,9-15,17-18H2,1-2H3,(H2,25,26,27). The van der Waals surface area contributed by atoms with Gasteiger partial charge in [-0.2, -0.15) is 0 Å². The summed E-state index contributed by atoms with van der Waals surface area (Å²) < 4.78 is 18.8. The second-order valence-electron chi connectivity index (χ2n) is 8.41. The van der Waals surface area contributed by atoms with Gasteiger partial charge in [-0.1, -0.05) is 6.07 Å². The number of nitrogens with one attached hydrogen (secondary N) is 2. The van der Waals surface area contributed by atoms with Crippen molar-refractivity contribution in [3.63, 3.8) is 0 Å². The normalized spacial score (nSPS) is 21.6. The number of aliphatic imine (C=N–C) groups is 1. The van der Waals surface area contributed by atoms with Crippen molar-refractivity contribution in [2.75, 3.05) is 64.4 Å². The van der Waals surface area contributed by atoms with Gasteiger partial charge < -0.3 is 25.2 Å². The van der Waals surface area contributed by atoms with Gasteiger partial charge in [-0.05, 0) is 69.8 Å². The molecule has 1 atom stereocenters. The number of nitrogens with zero attached hydrogens (tertiary/aromatic N) is 3. The number of likely N-dealkylation sites (tertiary alicyclic amines) is 1. The number of piperidine rings is 2. The summed E-state index contributed by atoms with van der Waals surface area (Å²) in [6.45, 7) is 9.77. The molecule has 0 aliphatic carbocycles. The summed E-state index contributed by atoms with van der Waals surface area (Å²) >= 11 is 0.